The number of likely N-dealkylation sites (tertiary alicyclic amines) is 1. The van der Waals surface area contributed by atoms with Crippen LogP contribution in [0.2, 0.25) is 0 Å². The van der Waals surface area contributed by atoms with Gasteiger partial charge in [-0.2, -0.15) is 0 Å². The lowest BCUT2D eigenvalue weighted by Gasteiger charge is -2.38. The highest BCUT2D eigenvalue weighted by Crippen LogP contribution is 2.38. The molecule has 33 heavy (non-hydrogen) atoms. The predicted molar refractivity (Wildman–Crippen MR) is 129 cm³/mol. The van der Waals surface area contributed by atoms with Crippen LogP contribution in [0.5, 0.6) is 11.5 Å². The third-order valence-corrected chi connectivity index (χ3v) is 6.39. The Kier molecular flexibility index (Phi) is 7.30. The summed E-state index contributed by atoms with van der Waals surface area (Å²) in [5.74, 6) is 0.301. The first-order valence-electron chi connectivity index (χ1n) is 11.4. The average molecular weight is 446 g/mol. The Hall–Kier alpha value is -3.31. The molecule has 3 aromatic carbocycles. The van der Waals surface area contributed by atoms with E-state index in [0.29, 0.717) is 24.7 Å². The van der Waals surface area contributed by atoms with Crippen LogP contribution in [0.3, 0.4) is 0 Å². The van der Waals surface area contributed by atoms with Crippen LogP contribution in [0.15, 0.2) is 72.8 Å². The molecule has 1 N–H and O–H groups in total. The Morgan fingerprint density at radius 3 is 2.55 bits per heavy atom. The van der Waals surface area contributed by atoms with Crippen molar-refractivity contribution in [3.05, 3.63) is 95.1 Å². The maximum Gasteiger partial charge on any atom is 0.307 e. The Morgan fingerprint density at radius 1 is 1.06 bits per heavy atom. The molecule has 2 atom stereocenters. The minimum Gasteiger partial charge on any atom is -0.493 e. The van der Waals surface area contributed by atoms with Gasteiger partial charge in [0, 0.05) is 6.54 Å². The Morgan fingerprint density at radius 2 is 1.82 bits per heavy atom. The minimum atomic E-state index is -0.717. The molecule has 1 saturated heterocycles. The van der Waals surface area contributed by atoms with Crippen molar-refractivity contribution in [2.45, 2.75) is 32.4 Å². The largest absolute Gasteiger partial charge is 0.493 e. The molecular formula is C28H31NO4. The van der Waals surface area contributed by atoms with Crippen LogP contribution in [-0.2, 0) is 11.4 Å². The van der Waals surface area contributed by atoms with Gasteiger partial charge in [-0.25, -0.2) is 0 Å². The molecule has 0 aliphatic carbocycles. The van der Waals surface area contributed by atoms with E-state index in [-0.39, 0.29) is 12.0 Å². The first-order chi connectivity index (χ1) is 16.1. The second kappa shape index (κ2) is 10.5. The van der Waals surface area contributed by atoms with Crippen LogP contribution in [-0.4, -0.2) is 36.2 Å². The van der Waals surface area contributed by atoms with E-state index in [2.05, 4.69) is 30.0 Å². The van der Waals surface area contributed by atoms with E-state index >= 15 is 0 Å². The van der Waals surface area contributed by atoms with Gasteiger partial charge in [-0.15, -0.1) is 0 Å². The number of nitrogens with zero attached hydrogens (tertiary/aromatic N) is 1. The zero-order valence-electron chi connectivity index (χ0n) is 19.2. The number of ether oxygens (including phenoxy) is 2. The van der Waals surface area contributed by atoms with Crippen LogP contribution >= 0.6 is 0 Å². The molecule has 5 nitrogen and oxygen atoms in total. The number of rotatable bonds is 8. The van der Waals surface area contributed by atoms with Crippen molar-refractivity contribution in [3.8, 4) is 11.5 Å². The molecule has 0 bridgehead atoms. The summed E-state index contributed by atoms with van der Waals surface area (Å²) in [5, 5.41) is 9.64. The van der Waals surface area contributed by atoms with E-state index in [9.17, 15) is 9.90 Å². The van der Waals surface area contributed by atoms with Gasteiger partial charge in [-0.05, 0) is 60.7 Å². The fourth-order valence-electron chi connectivity index (χ4n) is 4.63. The fraction of sp³-hybridized carbons (Fsp3) is 0.321. The number of carboxylic acid groups (broad SMARTS) is 1. The smallest absolute Gasteiger partial charge is 0.307 e. The molecule has 172 valence electrons. The number of benzene rings is 3. The number of carbonyl (C=O) groups is 1. The van der Waals surface area contributed by atoms with Crippen molar-refractivity contribution < 1.29 is 19.4 Å². The fourth-order valence-corrected chi connectivity index (χ4v) is 4.63. The third kappa shape index (κ3) is 5.37. The number of hydrogen-bond acceptors (Lipinski definition) is 4. The third-order valence-electron chi connectivity index (χ3n) is 6.39. The molecule has 0 spiro atoms. The number of carboxylic acids is 1. The van der Waals surface area contributed by atoms with Gasteiger partial charge in [-0.1, -0.05) is 60.7 Å². The first kappa shape index (κ1) is 22.9. The summed E-state index contributed by atoms with van der Waals surface area (Å²) >= 11 is 0. The van der Waals surface area contributed by atoms with Gasteiger partial charge in [0.2, 0.25) is 0 Å². The van der Waals surface area contributed by atoms with E-state index in [0.717, 1.165) is 30.5 Å². The highest BCUT2D eigenvalue weighted by Gasteiger charge is 2.32. The summed E-state index contributed by atoms with van der Waals surface area (Å²) in [4.78, 5) is 14.0. The summed E-state index contributed by atoms with van der Waals surface area (Å²) in [5.41, 5.74) is 4.53. The van der Waals surface area contributed by atoms with Crippen LogP contribution in [0.1, 0.15) is 41.1 Å². The van der Waals surface area contributed by atoms with Gasteiger partial charge in [0.25, 0.3) is 0 Å². The van der Waals surface area contributed by atoms with Crippen molar-refractivity contribution in [3.63, 3.8) is 0 Å². The van der Waals surface area contributed by atoms with E-state index in [1.54, 1.807) is 7.11 Å². The molecule has 2 unspecified atom stereocenters. The van der Waals surface area contributed by atoms with Crippen LogP contribution in [0.4, 0.5) is 0 Å². The lowest BCUT2D eigenvalue weighted by molar-refractivity contribution is -0.143. The summed E-state index contributed by atoms with van der Waals surface area (Å²) in [7, 11) is 1.65. The second-order valence-corrected chi connectivity index (χ2v) is 8.62. The predicted octanol–water partition coefficient (Wildman–Crippen LogP) is 5.47. The van der Waals surface area contributed by atoms with E-state index in [4.69, 9.17) is 9.47 Å². The van der Waals surface area contributed by atoms with Gasteiger partial charge in [0.05, 0.1) is 19.1 Å². The van der Waals surface area contributed by atoms with E-state index < -0.39 is 5.97 Å². The minimum absolute atomic E-state index is 0.0505. The molecule has 1 heterocycles. The number of methoxy groups -OCH3 is 1. The first-order valence-corrected chi connectivity index (χ1v) is 11.4. The molecule has 0 radical (unpaired) electrons. The standard InChI is InChI=1S/C28H31NO4/c1-20-9-6-7-13-24(20)27(29-16-8-12-23(18-29)28(30)31)22-14-15-25(26(17-22)32-2)33-19-21-10-4-3-5-11-21/h3-7,9-11,13-15,17,23,27H,8,12,16,18-19H2,1-2H3,(H,30,31). The van der Waals surface area contributed by atoms with Gasteiger partial charge >= 0.3 is 5.97 Å². The zero-order chi connectivity index (χ0) is 23.2. The maximum absolute atomic E-state index is 11.7. The van der Waals surface area contributed by atoms with Crippen LogP contribution in [0, 0.1) is 12.8 Å². The lowest BCUT2D eigenvalue weighted by atomic mass is 9.89. The molecule has 0 amide bonds. The van der Waals surface area contributed by atoms with Crippen LogP contribution in [0.25, 0.3) is 0 Å². The molecule has 1 aliphatic heterocycles. The highest BCUT2D eigenvalue weighted by molar-refractivity contribution is 5.70. The van der Waals surface area contributed by atoms with E-state index in [1.807, 2.05) is 54.6 Å². The molecule has 0 aromatic heterocycles. The average Bonchev–Trinajstić information content (AvgIpc) is 2.85. The van der Waals surface area contributed by atoms with Crippen molar-refractivity contribution in [1.29, 1.82) is 0 Å². The maximum atomic E-state index is 11.7. The van der Waals surface area contributed by atoms with Gasteiger partial charge in [0.1, 0.15) is 6.61 Å². The monoisotopic (exact) mass is 445 g/mol. The Labute approximate surface area is 195 Å². The number of aryl methyl sites for hydroxylation is 1. The number of aliphatic carboxylic acids is 1. The summed E-state index contributed by atoms with van der Waals surface area (Å²) < 4.78 is 11.8. The summed E-state index contributed by atoms with van der Waals surface area (Å²) in [6, 6.07) is 24.4. The van der Waals surface area contributed by atoms with Gasteiger partial charge < -0.3 is 14.6 Å². The molecule has 1 aliphatic rings. The summed E-state index contributed by atoms with van der Waals surface area (Å²) in [6.07, 6.45) is 1.59. The molecule has 0 saturated carbocycles. The number of piperidine rings is 1. The van der Waals surface area contributed by atoms with Crippen molar-refractivity contribution in [2.24, 2.45) is 5.92 Å². The van der Waals surface area contributed by atoms with Gasteiger partial charge in [0.15, 0.2) is 11.5 Å². The van der Waals surface area contributed by atoms with E-state index in [1.165, 1.54) is 11.1 Å². The second-order valence-electron chi connectivity index (χ2n) is 8.62. The number of hydrogen-bond donors (Lipinski definition) is 1. The summed E-state index contributed by atoms with van der Waals surface area (Å²) in [6.45, 7) is 3.96. The Balaban J connectivity index is 1.66. The normalized spacial score (nSPS) is 17.3. The van der Waals surface area contributed by atoms with Crippen molar-refractivity contribution in [2.75, 3.05) is 20.2 Å². The van der Waals surface area contributed by atoms with Crippen molar-refractivity contribution in [1.82, 2.24) is 4.90 Å². The topological polar surface area (TPSA) is 59.0 Å². The molecule has 3 aromatic rings. The molecular weight excluding hydrogens is 414 g/mol. The lowest BCUT2D eigenvalue weighted by Crippen LogP contribution is -2.41. The van der Waals surface area contributed by atoms with Crippen LogP contribution < -0.4 is 9.47 Å². The molecule has 5 heteroatoms. The Bertz CT molecular complexity index is 1080. The molecule has 4 rings (SSSR count). The van der Waals surface area contributed by atoms with Crippen molar-refractivity contribution >= 4 is 5.97 Å². The molecule has 1 fully saturated rings. The highest BCUT2D eigenvalue weighted by atomic mass is 16.5. The van der Waals surface area contributed by atoms with Gasteiger partial charge in [-0.3, -0.25) is 9.69 Å². The SMILES string of the molecule is COc1cc(C(c2ccccc2C)N2CCCC(C(=O)O)C2)ccc1OCc1ccccc1. The zero-order valence-corrected chi connectivity index (χ0v) is 19.2. The quantitative estimate of drug-likeness (QED) is 0.498.